The summed E-state index contributed by atoms with van der Waals surface area (Å²) in [6.07, 6.45) is 0.595. The first kappa shape index (κ1) is 19.7. The summed E-state index contributed by atoms with van der Waals surface area (Å²) in [7, 11) is 1.61. The number of rotatable bonds is 5. The van der Waals surface area contributed by atoms with Crippen molar-refractivity contribution in [3.05, 3.63) is 53.1 Å². The van der Waals surface area contributed by atoms with E-state index in [1.165, 1.54) is 0 Å². The lowest BCUT2D eigenvalue weighted by molar-refractivity contribution is -0.121. The van der Waals surface area contributed by atoms with E-state index in [0.29, 0.717) is 24.3 Å². The first-order chi connectivity index (χ1) is 13.4. The lowest BCUT2D eigenvalue weighted by Crippen LogP contribution is -2.33. The maximum atomic E-state index is 12.7. The molecule has 0 aliphatic carbocycles. The van der Waals surface area contributed by atoms with Crippen molar-refractivity contribution in [3.63, 3.8) is 0 Å². The molecular formula is C22H26N2O4. The molecule has 0 spiro atoms. The smallest absolute Gasteiger partial charge is 0.251 e. The summed E-state index contributed by atoms with van der Waals surface area (Å²) in [5.41, 5.74) is 3.00. The number of amides is 2. The third-order valence-electron chi connectivity index (χ3n) is 4.72. The Hall–Kier alpha value is -3.02. The topological polar surface area (TPSA) is 76.7 Å². The van der Waals surface area contributed by atoms with Gasteiger partial charge in [0.15, 0.2) is 0 Å². The van der Waals surface area contributed by atoms with Gasteiger partial charge in [0, 0.05) is 23.4 Å². The van der Waals surface area contributed by atoms with Crippen LogP contribution in [0.2, 0.25) is 0 Å². The maximum Gasteiger partial charge on any atom is 0.251 e. The molecule has 3 rings (SSSR count). The van der Waals surface area contributed by atoms with Crippen molar-refractivity contribution in [3.8, 4) is 11.5 Å². The minimum atomic E-state index is -0.296. The molecule has 28 heavy (non-hydrogen) atoms. The van der Waals surface area contributed by atoms with Crippen LogP contribution in [0.4, 0.5) is 5.69 Å². The van der Waals surface area contributed by atoms with Crippen molar-refractivity contribution >= 4 is 17.5 Å². The molecular weight excluding hydrogens is 356 g/mol. The number of hydrogen-bond donors (Lipinski definition) is 2. The molecule has 1 unspecified atom stereocenters. The average Bonchev–Trinajstić information content (AvgIpc) is 2.67. The number of nitrogens with one attached hydrogen (secondary N) is 2. The highest BCUT2D eigenvalue weighted by Gasteiger charge is 2.26. The van der Waals surface area contributed by atoms with E-state index in [2.05, 4.69) is 10.6 Å². The lowest BCUT2D eigenvalue weighted by Gasteiger charge is -2.25. The van der Waals surface area contributed by atoms with Gasteiger partial charge in [0.2, 0.25) is 5.91 Å². The van der Waals surface area contributed by atoms with E-state index < -0.39 is 0 Å². The molecule has 6 heteroatoms. The molecule has 0 saturated carbocycles. The van der Waals surface area contributed by atoms with Gasteiger partial charge >= 0.3 is 0 Å². The SMILES string of the molecule is COc1ccc2c(c1)OCC(C(=O)Nc1ccc(C)c(C(=O)NC(C)C)c1)C2. The van der Waals surface area contributed by atoms with Gasteiger partial charge in [-0.3, -0.25) is 9.59 Å². The third kappa shape index (κ3) is 4.44. The number of benzene rings is 2. The molecule has 2 aromatic rings. The monoisotopic (exact) mass is 382 g/mol. The van der Waals surface area contributed by atoms with Crippen molar-refractivity contribution in [1.29, 1.82) is 0 Å². The highest BCUT2D eigenvalue weighted by atomic mass is 16.5. The van der Waals surface area contributed by atoms with E-state index >= 15 is 0 Å². The summed E-state index contributed by atoms with van der Waals surface area (Å²) in [6.45, 7) is 6.00. The minimum Gasteiger partial charge on any atom is -0.497 e. The molecule has 148 valence electrons. The van der Waals surface area contributed by atoms with Gasteiger partial charge in [0.05, 0.1) is 13.0 Å². The molecule has 2 N–H and O–H groups in total. The van der Waals surface area contributed by atoms with Crippen LogP contribution in [0.3, 0.4) is 0 Å². The molecule has 1 atom stereocenters. The van der Waals surface area contributed by atoms with E-state index in [9.17, 15) is 9.59 Å². The van der Waals surface area contributed by atoms with Crippen LogP contribution in [0.25, 0.3) is 0 Å². The molecule has 0 bridgehead atoms. The van der Waals surface area contributed by atoms with Gasteiger partial charge in [0.1, 0.15) is 18.1 Å². The van der Waals surface area contributed by atoms with E-state index in [1.807, 2.05) is 51.1 Å². The van der Waals surface area contributed by atoms with Crippen LogP contribution >= 0.6 is 0 Å². The number of methoxy groups -OCH3 is 1. The van der Waals surface area contributed by atoms with Crippen LogP contribution in [0.15, 0.2) is 36.4 Å². The largest absolute Gasteiger partial charge is 0.497 e. The normalized spacial score (nSPS) is 15.4. The van der Waals surface area contributed by atoms with Crippen LogP contribution in [0, 0.1) is 12.8 Å². The zero-order chi connectivity index (χ0) is 20.3. The molecule has 2 aromatic carbocycles. The second-order valence-electron chi connectivity index (χ2n) is 7.33. The Bertz CT molecular complexity index is 892. The Labute approximate surface area is 165 Å². The Morgan fingerprint density at radius 1 is 1.18 bits per heavy atom. The second-order valence-corrected chi connectivity index (χ2v) is 7.33. The summed E-state index contributed by atoms with van der Waals surface area (Å²) < 4.78 is 11.0. The Kier molecular flexibility index (Phi) is 5.87. The van der Waals surface area contributed by atoms with Crippen molar-refractivity contribution < 1.29 is 19.1 Å². The van der Waals surface area contributed by atoms with E-state index in [-0.39, 0.29) is 23.8 Å². The van der Waals surface area contributed by atoms with Crippen LogP contribution in [0.5, 0.6) is 11.5 Å². The lowest BCUT2D eigenvalue weighted by atomic mass is 9.95. The van der Waals surface area contributed by atoms with Crippen molar-refractivity contribution in [2.75, 3.05) is 19.0 Å². The predicted octanol–water partition coefficient (Wildman–Crippen LogP) is 3.33. The highest BCUT2D eigenvalue weighted by Crippen LogP contribution is 2.31. The zero-order valence-electron chi connectivity index (χ0n) is 16.7. The Morgan fingerprint density at radius 3 is 2.68 bits per heavy atom. The highest BCUT2D eigenvalue weighted by molar-refractivity contribution is 5.99. The predicted molar refractivity (Wildman–Crippen MR) is 108 cm³/mol. The molecule has 1 aliphatic rings. The molecule has 0 radical (unpaired) electrons. The first-order valence-corrected chi connectivity index (χ1v) is 9.39. The minimum absolute atomic E-state index is 0.0447. The molecule has 0 aromatic heterocycles. The van der Waals surface area contributed by atoms with Crippen molar-refractivity contribution in [2.24, 2.45) is 5.92 Å². The van der Waals surface area contributed by atoms with Crippen LogP contribution in [-0.2, 0) is 11.2 Å². The number of anilines is 1. The molecule has 1 aliphatic heterocycles. The Morgan fingerprint density at radius 2 is 1.96 bits per heavy atom. The summed E-state index contributed by atoms with van der Waals surface area (Å²) in [5, 5.41) is 5.80. The standard InChI is InChI=1S/C22H26N2O4/c1-13(2)23-22(26)19-10-17(7-5-14(19)3)24-21(25)16-9-15-6-8-18(27-4)11-20(15)28-12-16/h5-8,10-11,13,16H,9,12H2,1-4H3,(H,23,26)(H,24,25). The van der Waals surface area contributed by atoms with Gasteiger partial charge < -0.3 is 20.1 Å². The summed E-state index contributed by atoms with van der Waals surface area (Å²) >= 11 is 0. The van der Waals surface area contributed by atoms with Gasteiger partial charge in [-0.15, -0.1) is 0 Å². The first-order valence-electron chi connectivity index (χ1n) is 9.39. The molecule has 0 fully saturated rings. The number of carbonyl (C=O) groups excluding carboxylic acids is 2. The van der Waals surface area contributed by atoms with Gasteiger partial charge in [-0.2, -0.15) is 0 Å². The third-order valence-corrected chi connectivity index (χ3v) is 4.72. The second kappa shape index (κ2) is 8.33. The van der Waals surface area contributed by atoms with E-state index in [1.54, 1.807) is 13.2 Å². The molecule has 1 heterocycles. The summed E-state index contributed by atoms with van der Waals surface area (Å²) in [4.78, 5) is 25.1. The number of aryl methyl sites for hydroxylation is 1. The van der Waals surface area contributed by atoms with E-state index in [4.69, 9.17) is 9.47 Å². The van der Waals surface area contributed by atoms with Gasteiger partial charge in [-0.05, 0) is 56.5 Å². The number of carbonyl (C=O) groups is 2. The fraction of sp³-hybridized carbons (Fsp3) is 0.364. The van der Waals surface area contributed by atoms with Gasteiger partial charge in [-0.25, -0.2) is 0 Å². The summed E-state index contributed by atoms with van der Waals surface area (Å²) in [5.74, 6) is 0.919. The van der Waals surface area contributed by atoms with Gasteiger partial charge in [0.25, 0.3) is 5.91 Å². The number of hydrogen-bond acceptors (Lipinski definition) is 4. The average molecular weight is 382 g/mol. The fourth-order valence-corrected chi connectivity index (χ4v) is 3.18. The van der Waals surface area contributed by atoms with Crippen molar-refractivity contribution in [2.45, 2.75) is 33.2 Å². The fourth-order valence-electron chi connectivity index (χ4n) is 3.18. The maximum absolute atomic E-state index is 12.7. The zero-order valence-corrected chi connectivity index (χ0v) is 16.7. The molecule has 0 saturated heterocycles. The molecule has 2 amide bonds. The van der Waals surface area contributed by atoms with E-state index in [0.717, 1.165) is 22.6 Å². The van der Waals surface area contributed by atoms with Crippen LogP contribution < -0.4 is 20.1 Å². The number of fused-ring (bicyclic) bond motifs is 1. The molecule has 6 nitrogen and oxygen atoms in total. The number of ether oxygens (including phenoxy) is 2. The summed E-state index contributed by atoms with van der Waals surface area (Å²) in [6, 6.07) is 11.0. The van der Waals surface area contributed by atoms with Crippen LogP contribution in [-0.4, -0.2) is 31.6 Å². The Balaban J connectivity index is 1.70. The quantitative estimate of drug-likeness (QED) is 0.832. The van der Waals surface area contributed by atoms with Crippen LogP contribution in [0.1, 0.15) is 35.3 Å². The van der Waals surface area contributed by atoms with Gasteiger partial charge in [-0.1, -0.05) is 12.1 Å². The van der Waals surface area contributed by atoms with Crippen molar-refractivity contribution in [1.82, 2.24) is 5.32 Å².